The molecular formula is C14H20N4. The van der Waals surface area contributed by atoms with Gasteiger partial charge in [-0.2, -0.15) is 20.8 Å². The predicted octanol–water partition coefficient (Wildman–Crippen LogP) is 3.89. The van der Waals surface area contributed by atoms with E-state index in [-0.39, 0.29) is 0 Å². The van der Waals surface area contributed by atoms with E-state index < -0.39 is 11.1 Å². The molecule has 0 aromatic carbocycles. The molecule has 4 nitrogen and oxygen atoms in total. The maximum atomic E-state index is 9.34. The van der Waals surface area contributed by atoms with E-state index >= 15 is 0 Å². The monoisotopic (exact) mass is 244 g/mol. The van der Waals surface area contributed by atoms with Gasteiger partial charge in [-0.25, -0.2) is 0 Å². The largest absolute Gasteiger partial charge is 0.196 e. The van der Waals surface area contributed by atoms with Crippen LogP contribution in [0.1, 0.15) is 64.2 Å². The van der Waals surface area contributed by atoms with Crippen LogP contribution in [0.25, 0.3) is 0 Å². The molecule has 0 atom stereocenters. The summed E-state index contributed by atoms with van der Waals surface area (Å²) >= 11 is 0. The molecule has 18 heavy (non-hydrogen) atoms. The Morgan fingerprint density at radius 1 is 0.611 bits per heavy atom. The fourth-order valence-electron chi connectivity index (χ4n) is 2.93. The van der Waals surface area contributed by atoms with Crippen molar-refractivity contribution < 1.29 is 0 Å². The predicted molar refractivity (Wildman–Crippen MR) is 67.7 cm³/mol. The molecule has 2 aliphatic carbocycles. The molecule has 0 aromatic rings. The van der Waals surface area contributed by atoms with Gasteiger partial charge in [-0.05, 0) is 51.4 Å². The summed E-state index contributed by atoms with van der Waals surface area (Å²) in [5, 5.41) is 27.4. The minimum absolute atomic E-state index is 0.639. The Balaban J connectivity index is 2.12. The first-order chi connectivity index (χ1) is 8.74. The molecule has 0 N–H and O–H groups in total. The highest BCUT2D eigenvalue weighted by atomic mass is 15.2. The molecule has 96 valence electrons. The van der Waals surface area contributed by atoms with E-state index in [1.54, 1.807) is 0 Å². The van der Waals surface area contributed by atoms with Crippen molar-refractivity contribution in [1.29, 1.82) is 10.5 Å². The Labute approximate surface area is 109 Å². The zero-order chi connectivity index (χ0) is 12.9. The van der Waals surface area contributed by atoms with E-state index in [0.717, 1.165) is 51.4 Å². The summed E-state index contributed by atoms with van der Waals surface area (Å²) in [5.74, 6) is 0. The first kappa shape index (κ1) is 13.0. The van der Waals surface area contributed by atoms with Crippen LogP contribution in [-0.4, -0.2) is 11.1 Å². The molecule has 2 rings (SSSR count). The second-order valence-electron chi connectivity index (χ2n) is 5.61. The zero-order valence-electron chi connectivity index (χ0n) is 10.9. The topological polar surface area (TPSA) is 72.3 Å². The summed E-state index contributed by atoms with van der Waals surface area (Å²) in [5.41, 5.74) is -1.28. The Morgan fingerprint density at radius 3 is 1.22 bits per heavy atom. The maximum Gasteiger partial charge on any atom is 0.167 e. The lowest BCUT2D eigenvalue weighted by Gasteiger charge is -2.29. The van der Waals surface area contributed by atoms with Crippen molar-refractivity contribution in [2.45, 2.75) is 75.3 Å². The third-order valence-electron chi connectivity index (χ3n) is 4.21. The summed E-state index contributed by atoms with van der Waals surface area (Å²) in [6, 6.07) is 4.66. The van der Waals surface area contributed by atoms with Crippen LogP contribution < -0.4 is 0 Å². The first-order valence-electron chi connectivity index (χ1n) is 7.01. The SMILES string of the molecule is N#CC1(/N=N/C2(C#N)CCCCC2)CCCCC1. The van der Waals surface area contributed by atoms with Crippen molar-refractivity contribution in [3.8, 4) is 12.1 Å². The van der Waals surface area contributed by atoms with Crippen molar-refractivity contribution in [1.82, 2.24) is 0 Å². The Bertz CT molecular complexity index is 349. The molecule has 0 saturated heterocycles. The highest BCUT2D eigenvalue weighted by Crippen LogP contribution is 2.36. The number of hydrogen-bond acceptors (Lipinski definition) is 4. The second kappa shape index (κ2) is 5.48. The maximum absolute atomic E-state index is 9.34. The average molecular weight is 244 g/mol. The molecular weight excluding hydrogens is 224 g/mol. The Morgan fingerprint density at radius 2 is 0.944 bits per heavy atom. The van der Waals surface area contributed by atoms with Gasteiger partial charge in [-0.15, -0.1) is 0 Å². The fourth-order valence-corrected chi connectivity index (χ4v) is 2.93. The third-order valence-corrected chi connectivity index (χ3v) is 4.21. The summed E-state index contributed by atoms with van der Waals surface area (Å²) in [6.45, 7) is 0. The molecule has 2 aliphatic rings. The van der Waals surface area contributed by atoms with Crippen molar-refractivity contribution >= 4 is 0 Å². The lowest BCUT2D eigenvalue weighted by atomic mass is 9.82. The highest BCUT2D eigenvalue weighted by molar-refractivity contribution is 5.12. The van der Waals surface area contributed by atoms with Gasteiger partial charge >= 0.3 is 0 Å². The smallest absolute Gasteiger partial charge is 0.167 e. The molecule has 2 saturated carbocycles. The Kier molecular flexibility index (Phi) is 3.97. The molecule has 2 fully saturated rings. The van der Waals surface area contributed by atoms with Crippen molar-refractivity contribution in [3.63, 3.8) is 0 Å². The second-order valence-corrected chi connectivity index (χ2v) is 5.61. The lowest BCUT2D eigenvalue weighted by Crippen LogP contribution is -2.31. The van der Waals surface area contributed by atoms with E-state index in [1.807, 2.05) is 0 Å². The highest BCUT2D eigenvalue weighted by Gasteiger charge is 2.36. The van der Waals surface area contributed by atoms with E-state index in [2.05, 4.69) is 22.4 Å². The van der Waals surface area contributed by atoms with Gasteiger partial charge in [0.2, 0.25) is 0 Å². The van der Waals surface area contributed by atoms with Gasteiger partial charge < -0.3 is 0 Å². The molecule has 0 radical (unpaired) electrons. The summed E-state index contributed by atoms with van der Waals surface area (Å²) < 4.78 is 0. The van der Waals surface area contributed by atoms with Crippen LogP contribution in [0.15, 0.2) is 10.2 Å². The zero-order valence-corrected chi connectivity index (χ0v) is 10.9. The molecule has 0 aromatic heterocycles. The van der Waals surface area contributed by atoms with E-state index in [4.69, 9.17) is 0 Å². The molecule has 0 spiro atoms. The third kappa shape index (κ3) is 2.70. The van der Waals surface area contributed by atoms with Crippen molar-refractivity contribution in [3.05, 3.63) is 0 Å². The van der Waals surface area contributed by atoms with Gasteiger partial charge in [0.1, 0.15) is 0 Å². The molecule has 0 heterocycles. The van der Waals surface area contributed by atoms with Gasteiger partial charge in [-0.3, -0.25) is 0 Å². The van der Waals surface area contributed by atoms with E-state index in [1.165, 1.54) is 12.8 Å². The van der Waals surface area contributed by atoms with Crippen LogP contribution >= 0.6 is 0 Å². The first-order valence-corrected chi connectivity index (χ1v) is 7.01. The number of nitrogens with zero attached hydrogens (tertiary/aromatic N) is 4. The van der Waals surface area contributed by atoms with Crippen LogP contribution in [0.5, 0.6) is 0 Å². The van der Waals surface area contributed by atoms with E-state index in [9.17, 15) is 10.5 Å². The normalized spacial score (nSPS) is 26.3. The van der Waals surface area contributed by atoms with Crippen LogP contribution in [0.2, 0.25) is 0 Å². The average Bonchev–Trinajstić information content (AvgIpc) is 2.47. The van der Waals surface area contributed by atoms with E-state index in [0.29, 0.717) is 0 Å². The quantitative estimate of drug-likeness (QED) is 0.691. The summed E-state index contributed by atoms with van der Waals surface area (Å²) in [7, 11) is 0. The van der Waals surface area contributed by atoms with Crippen LogP contribution in [0.4, 0.5) is 0 Å². The van der Waals surface area contributed by atoms with Gasteiger partial charge in [-0.1, -0.05) is 12.8 Å². The van der Waals surface area contributed by atoms with Gasteiger partial charge in [0.25, 0.3) is 0 Å². The van der Waals surface area contributed by atoms with Crippen molar-refractivity contribution in [2.75, 3.05) is 0 Å². The van der Waals surface area contributed by atoms with Gasteiger partial charge in [0.15, 0.2) is 11.1 Å². The molecule has 0 aliphatic heterocycles. The van der Waals surface area contributed by atoms with Crippen molar-refractivity contribution in [2.24, 2.45) is 10.2 Å². The number of rotatable bonds is 2. The standard InChI is InChI=1S/C14H20N4/c15-11-13(7-3-1-4-8-13)17-18-14(12-16)9-5-2-6-10-14/h1-10H2/b18-17+. The minimum Gasteiger partial charge on any atom is -0.196 e. The Hall–Kier alpha value is -1.42. The number of hydrogen-bond donors (Lipinski definition) is 0. The summed E-state index contributed by atoms with van der Waals surface area (Å²) in [4.78, 5) is 0. The van der Waals surface area contributed by atoms with Crippen LogP contribution in [-0.2, 0) is 0 Å². The molecule has 4 heteroatoms. The number of azo groups is 1. The van der Waals surface area contributed by atoms with Gasteiger partial charge in [0, 0.05) is 0 Å². The number of nitriles is 2. The minimum atomic E-state index is -0.639. The lowest BCUT2D eigenvalue weighted by molar-refractivity contribution is 0.310. The van der Waals surface area contributed by atoms with Crippen LogP contribution in [0.3, 0.4) is 0 Å². The molecule has 0 amide bonds. The molecule has 0 unspecified atom stereocenters. The molecule has 0 bridgehead atoms. The summed E-state index contributed by atoms with van der Waals surface area (Å²) in [6.07, 6.45) is 9.76. The van der Waals surface area contributed by atoms with Gasteiger partial charge in [0.05, 0.1) is 12.1 Å². The van der Waals surface area contributed by atoms with Crippen LogP contribution in [0, 0.1) is 22.7 Å². The fraction of sp³-hybridized carbons (Fsp3) is 0.857.